The summed E-state index contributed by atoms with van der Waals surface area (Å²) in [5.41, 5.74) is 1.03. The molecule has 2 atom stereocenters. The summed E-state index contributed by atoms with van der Waals surface area (Å²) in [5, 5.41) is 8.32. The molecule has 22 heavy (non-hydrogen) atoms. The first-order valence-corrected chi connectivity index (χ1v) is 7.73. The molecule has 116 valence electrons. The molecule has 5 nitrogen and oxygen atoms in total. The summed E-state index contributed by atoms with van der Waals surface area (Å²) in [4.78, 5) is 12.2. The number of aryl methyl sites for hydroxylation is 1. The summed E-state index contributed by atoms with van der Waals surface area (Å²) in [5.74, 6) is 0.879. The van der Waals surface area contributed by atoms with E-state index in [0.717, 1.165) is 18.4 Å². The van der Waals surface area contributed by atoms with Crippen LogP contribution in [0.4, 0.5) is 0 Å². The van der Waals surface area contributed by atoms with E-state index in [9.17, 15) is 4.79 Å². The van der Waals surface area contributed by atoms with Gasteiger partial charge in [-0.25, -0.2) is 0 Å². The van der Waals surface area contributed by atoms with Crippen LogP contribution in [0.1, 0.15) is 36.1 Å². The van der Waals surface area contributed by atoms with Gasteiger partial charge in [-0.1, -0.05) is 29.8 Å². The number of rotatable bonds is 5. The molecule has 0 spiro atoms. The second kappa shape index (κ2) is 6.48. The van der Waals surface area contributed by atoms with Crippen molar-refractivity contribution < 1.29 is 13.9 Å². The van der Waals surface area contributed by atoms with Gasteiger partial charge in [0.1, 0.15) is 6.61 Å². The molecule has 1 fully saturated rings. The van der Waals surface area contributed by atoms with Crippen molar-refractivity contribution in [2.45, 2.75) is 32.1 Å². The van der Waals surface area contributed by atoms with E-state index >= 15 is 0 Å². The highest BCUT2D eigenvalue weighted by Crippen LogP contribution is 2.45. The van der Waals surface area contributed by atoms with Gasteiger partial charge in [0.05, 0.1) is 12.3 Å². The molecule has 3 rings (SSSR count). The maximum absolute atomic E-state index is 12.2. The lowest BCUT2D eigenvalue weighted by Gasteiger charge is -2.35. The zero-order chi connectivity index (χ0) is 15.5. The Morgan fingerprint density at radius 2 is 2.18 bits per heavy atom. The molecule has 0 bridgehead atoms. The van der Waals surface area contributed by atoms with Crippen LogP contribution in [0.2, 0.25) is 5.02 Å². The number of carbonyl (C=O) groups excluding carboxylic acids is 1. The van der Waals surface area contributed by atoms with Crippen molar-refractivity contribution in [3.8, 4) is 0 Å². The average molecular weight is 321 g/mol. The van der Waals surface area contributed by atoms with Gasteiger partial charge < -0.3 is 9.15 Å². The highest BCUT2D eigenvalue weighted by molar-refractivity contribution is 6.31. The number of aromatic nitrogens is 2. The van der Waals surface area contributed by atoms with Crippen molar-refractivity contribution in [2.24, 2.45) is 5.92 Å². The molecule has 1 saturated carbocycles. The standard InChI is InChI=1S/C16H17ClN2O3/c1-10-18-19-15(22-10)8-9-21-16(20)13-7-6-11(13)12-4-2-3-5-14(12)17/h2-5,11,13H,6-9H2,1H3. The van der Waals surface area contributed by atoms with Gasteiger partial charge in [-0.05, 0) is 30.4 Å². The quantitative estimate of drug-likeness (QED) is 0.791. The summed E-state index contributed by atoms with van der Waals surface area (Å²) in [6.07, 6.45) is 2.25. The monoisotopic (exact) mass is 320 g/mol. The molecule has 1 heterocycles. The fourth-order valence-electron chi connectivity index (χ4n) is 2.71. The third-order valence-corrected chi connectivity index (χ3v) is 4.35. The number of carbonyl (C=O) groups is 1. The van der Waals surface area contributed by atoms with Crippen LogP contribution in [0.5, 0.6) is 0 Å². The van der Waals surface area contributed by atoms with Crippen molar-refractivity contribution in [2.75, 3.05) is 6.61 Å². The van der Waals surface area contributed by atoms with Crippen LogP contribution >= 0.6 is 11.6 Å². The lowest BCUT2D eigenvalue weighted by Crippen LogP contribution is -2.33. The van der Waals surface area contributed by atoms with Crippen LogP contribution in [0.3, 0.4) is 0 Å². The van der Waals surface area contributed by atoms with E-state index in [1.807, 2.05) is 24.3 Å². The van der Waals surface area contributed by atoms with Gasteiger partial charge in [-0.3, -0.25) is 4.79 Å². The summed E-state index contributed by atoms with van der Waals surface area (Å²) in [6.45, 7) is 1.98. The molecule has 0 radical (unpaired) electrons. The van der Waals surface area contributed by atoms with Crippen LogP contribution in [-0.4, -0.2) is 22.8 Å². The summed E-state index contributed by atoms with van der Waals surface area (Å²) < 4.78 is 10.6. The van der Waals surface area contributed by atoms with Gasteiger partial charge in [0, 0.05) is 11.9 Å². The van der Waals surface area contributed by atoms with Gasteiger partial charge in [0.2, 0.25) is 11.8 Å². The smallest absolute Gasteiger partial charge is 0.309 e. The van der Waals surface area contributed by atoms with E-state index in [1.165, 1.54) is 0 Å². The molecule has 6 heteroatoms. The van der Waals surface area contributed by atoms with Crippen LogP contribution < -0.4 is 0 Å². The van der Waals surface area contributed by atoms with Gasteiger partial charge in [-0.15, -0.1) is 10.2 Å². The van der Waals surface area contributed by atoms with E-state index in [0.29, 0.717) is 23.2 Å². The minimum Gasteiger partial charge on any atom is -0.465 e. The molecular weight excluding hydrogens is 304 g/mol. The Balaban J connectivity index is 1.53. The predicted molar refractivity (Wildman–Crippen MR) is 80.6 cm³/mol. The van der Waals surface area contributed by atoms with Crippen LogP contribution in [0, 0.1) is 12.8 Å². The molecule has 0 aliphatic heterocycles. The van der Waals surface area contributed by atoms with Crippen molar-refractivity contribution in [1.82, 2.24) is 10.2 Å². The summed E-state index contributed by atoms with van der Waals surface area (Å²) in [7, 11) is 0. The number of halogens is 1. The van der Waals surface area contributed by atoms with E-state index in [4.69, 9.17) is 20.8 Å². The molecule has 2 aromatic rings. The average Bonchev–Trinajstić information content (AvgIpc) is 2.86. The fraction of sp³-hybridized carbons (Fsp3) is 0.438. The molecule has 2 unspecified atom stereocenters. The number of hydrogen-bond acceptors (Lipinski definition) is 5. The molecule has 0 saturated heterocycles. The first-order chi connectivity index (χ1) is 10.6. The maximum Gasteiger partial charge on any atom is 0.309 e. The van der Waals surface area contributed by atoms with Gasteiger partial charge >= 0.3 is 5.97 Å². The lowest BCUT2D eigenvalue weighted by atomic mass is 9.70. The van der Waals surface area contributed by atoms with Crippen molar-refractivity contribution in [3.63, 3.8) is 0 Å². The van der Waals surface area contributed by atoms with Gasteiger partial charge in [0.15, 0.2) is 0 Å². The second-order valence-electron chi connectivity index (χ2n) is 5.44. The first kappa shape index (κ1) is 15.0. The number of ether oxygens (including phenoxy) is 1. The number of benzene rings is 1. The van der Waals surface area contributed by atoms with E-state index in [1.54, 1.807) is 6.92 Å². The Bertz CT molecular complexity index is 671. The third-order valence-electron chi connectivity index (χ3n) is 4.01. The van der Waals surface area contributed by atoms with E-state index < -0.39 is 0 Å². The Kier molecular flexibility index (Phi) is 4.43. The summed E-state index contributed by atoms with van der Waals surface area (Å²) >= 11 is 6.21. The zero-order valence-corrected chi connectivity index (χ0v) is 13.0. The SMILES string of the molecule is Cc1nnc(CCOC(=O)C2CCC2c2ccccc2Cl)o1. The van der Waals surface area contributed by atoms with Crippen molar-refractivity contribution >= 4 is 17.6 Å². The Morgan fingerprint density at radius 1 is 1.36 bits per heavy atom. The van der Waals surface area contributed by atoms with Crippen LogP contribution in [0.25, 0.3) is 0 Å². The van der Waals surface area contributed by atoms with Crippen LogP contribution in [0.15, 0.2) is 28.7 Å². The van der Waals surface area contributed by atoms with Gasteiger partial charge in [-0.2, -0.15) is 0 Å². The van der Waals surface area contributed by atoms with E-state index in [2.05, 4.69) is 10.2 Å². The third kappa shape index (κ3) is 3.14. The molecule has 0 N–H and O–H groups in total. The Hall–Kier alpha value is -1.88. The highest BCUT2D eigenvalue weighted by atomic mass is 35.5. The highest BCUT2D eigenvalue weighted by Gasteiger charge is 2.39. The molecule has 1 aromatic heterocycles. The second-order valence-corrected chi connectivity index (χ2v) is 5.85. The number of esters is 1. The van der Waals surface area contributed by atoms with Crippen molar-refractivity contribution in [1.29, 1.82) is 0 Å². The zero-order valence-electron chi connectivity index (χ0n) is 12.3. The molecular formula is C16H17ClN2O3. The molecule has 1 aliphatic carbocycles. The Morgan fingerprint density at radius 3 is 2.82 bits per heavy atom. The van der Waals surface area contributed by atoms with Crippen molar-refractivity contribution in [3.05, 3.63) is 46.6 Å². The Labute approximate surface area is 133 Å². The lowest BCUT2D eigenvalue weighted by molar-refractivity contribution is -0.152. The maximum atomic E-state index is 12.2. The first-order valence-electron chi connectivity index (χ1n) is 7.35. The number of hydrogen-bond donors (Lipinski definition) is 0. The largest absolute Gasteiger partial charge is 0.465 e. The topological polar surface area (TPSA) is 65.2 Å². The minimum absolute atomic E-state index is 0.107. The molecule has 1 aliphatic rings. The molecule has 0 amide bonds. The fourth-order valence-corrected chi connectivity index (χ4v) is 2.99. The van der Waals surface area contributed by atoms with E-state index in [-0.39, 0.29) is 24.4 Å². The number of nitrogens with zero attached hydrogens (tertiary/aromatic N) is 2. The minimum atomic E-state index is -0.174. The van der Waals surface area contributed by atoms with Gasteiger partial charge in [0.25, 0.3) is 0 Å². The normalized spacial score (nSPS) is 20.5. The predicted octanol–water partition coefficient (Wildman–Crippen LogP) is 3.31. The van der Waals surface area contributed by atoms with Crippen LogP contribution in [-0.2, 0) is 16.0 Å². The summed E-state index contributed by atoms with van der Waals surface area (Å²) in [6, 6.07) is 7.67. The molecule has 1 aromatic carbocycles.